The number of hydrogen-bond donors (Lipinski definition) is 13. The number of nitrogens with zero attached hydrogens (tertiary/aromatic N) is 1. The lowest BCUT2D eigenvalue weighted by atomic mass is 10.00. The van der Waals surface area contributed by atoms with Gasteiger partial charge in [0.1, 0.15) is 53.8 Å². The SMILES string of the molecule is C[C@@H](O)[C@@H]1NC(=O)[C@H](CCCCN(C)C)NC(=O)[C@@H](Cc2ccc(C(N)=O)cc2)NC(=O)[C@H](Cc2ccc(O)cc2)NC(=O)[C@H](NC(=O)[C@@H](N)Cc2ccc(Cl)cc2)CSSC[C@@H](C(=O)N[C@H](Cc2ccc(O)cc2)C(N)=O)NC1=O. The van der Waals surface area contributed by atoms with E-state index in [-0.39, 0.29) is 60.7 Å². The summed E-state index contributed by atoms with van der Waals surface area (Å²) in [5.41, 5.74) is 19.8. The Morgan fingerprint density at radius 3 is 1.69 bits per heavy atom. The highest BCUT2D eigenvalue weighted by molar-refractivity contribution is 8.76. The van der Waals surface area contributed by atoms with Crippen LogP contribution in [0.2, 0.25) is 5.02 Å². The van der Waals surface area contributed by atoms with Gasteiger partial charge in [-0.05, 0) is 124 Å². The number of aliphatic hydroxyl groups excluding tert-OH is 1. The summed E-state index contributed by atoms with van der Waals surface area (Å²) in [5, 5.41) is 50.0. The number of unbranched alkanes of at least 4 members (excludes halogenated alkanes) is 1. The van der Waals surface area contributed by atoms with Crippen molar-refractivity contribution in [2.75, 3.05) is 32.1 Å². The number of carbonyl (C=O) groups excluding carboxylic acids is 9. The number of amides is 9. The van der Waals surface area contributed by atoms with Crippen LogP contribution in [0.4, 0.5) is 0 Å². The van der Waals surface area contributed by atoms with Crippen LogP contribution >= 0.6 is 33.2 Å². The van der Waals surface area contributed by atoms with Crippen LogP contribution < -0.4 is 54.4 Å². The van der Waals surface area contributed by atoms with E-state index < -0.39 is 108 Å². The maximum atomic E-state index is 14.8. The minimum absolute atomic E-state index is 0.00202. The summed E-state index contributed by atoms with van der Waals surface area (Å²) in [4.78, 5) is 128. The molecule has 1 aliphatic heterocycles. The number of aliphatic hydroxyl groups is 1. The number of nitrogens with two attached hydrogens (primary N) is 3. The second-order valence-electron chi connectivity index (χ2n) is 19.8. The number of hydrogen-bond acceptors (Lipinski definition) is 16. The maximum Gasteiger partial charge on any atom is 0.248 e. The van der Waals surface area contributed by atoms with E-state index >= 15 is 0 Å². The molecule has 16 N–H and O–H groups in total. The van der Waals surface area contributed by atoms with Crippen LogP contribution in [0.15, 0.2) is 97.1 Å². The molecule has 26 heteroatoms. The average Bonchev–Trinajstić information content (AvgIpc) is 3.47. The molecule has 4 aromatic carbocycles. The minimum Gasteiger partial charge on any atom is -0.508 e. The fourth-order valence-corrected chi connectivity index (χ4v) is 10.8. The molecule has 0 radical (unpaired) electrons. The molecule has 81 heavy (non-hydrogen) atoms. The van der Waals surface area contributed by atoms with Crippen molar-refractivity contribution >= 4 is 86.4 Å². The van der Waals surface area contributed by atoms with Crippen LogP contribution in [-0.2, 0) is 64.0 Å². The predicted molar refractivity (Wildman–Crippen MR) is 307 cm³/mol. The van der Waals surface area contributed by atoms with Crippen LogP contribution in [0.5, 0.6) is 11.5 Å². The quantitative estimate of drug-likeness (QED) is 0.0404. The van der Waals surface area contributed by atoms with E-state index in [9.17, 15) is 58.5 Å². The summed E-state index contributed by atoms with van der Waals surface area (Å²) in [6, 6.07) is 12.4. The zero-order chi connectivity index (χ0) is 59.3. The van der Waals surface area contributed by atoms with Gasteiger partial charge in [0.25, 0.3) is 0 Å². The minimum atomic E-state index is -1.75. The van der Waals surface area contributed by atoms with E-state index in [0.29, 0.717) is 46.7 Å². The van der Waals surface area contributed by atoms with Crippen LogP contribution in [0, 0.1) is 0 Å². The molecule has 0 saturated carbocycles. The van der Waals surface area contributed by atoms with Crippen molar-refractivity contribution in [3.63, 3.8) is 0 Å². The lowest BCUT2D eigenvalue weighted by Gasteiger charge is -2.29. The van der Waals surface area contributed by atoms with Gasteiger partial charge in [-0.15, -0.1) is 0 Å². The molecule has 4 aromatic rings. The van der Waals surface area contributed by atoms with Crippen LogP contribution in [0.3, 0.4) is 0 Å². The Labute approximate surface area is 481 Å². The van der Waals surface area contributed by atoms with Crippen molar-refractivity contribution in [2.24, 2.45) is 17.2 Å². The first-order valence-corrected chi connectivity index (χ1v) is 28.8. The highest BCUT2D eigenvalue weighted by atomic mass is 35.5. The molecular weight excluding hydrogens is 1110 g/mol. The Morgan fingerprint density at radius 2 is 1.15 bits per heavy atom. The third-order valence-corrected chi connectivity index (χ3v) is 15.6. The summed E-state index contributed by atoms with van der Waals surface area (Å²) in [6.07, 6.45) is -1.24. The van der Waals surface area contributed by atoms with Crippen LogP contribution in [0.25, 0.3) is 0 Å². The van der Waals surface area contributed by atoms with Gasteiger partial charge in [0.05, 0.1) is 12.1 Å². The molecule has 0 spiro atoms. The molecule has 9 atom stereocenters. The van der Waals surface area contributed by atoms with Gasteiger partial charge in [0.2, 0.25) is 53.2 Å². The number of halogens is 1. The Kier molecular flexibility index (Phi) is 25.1. The Hall–Kier alpha value is -7.42. The number of rotatable bonds is 20. The molecular formula is C55H70ClN11O12S2. The highest BCUT2D eigenvalue weighted by Gasteiger charge is 2.36. The van der Waals surface area contributed by atoms with Crippen molar-refractivity contribution in [3.05, 3.63) is 130 Å². The Balaban J connectivity index is 1.58. The lowest BCUT2D eigenvalue weighted by molar-refractivity contribution is -0.136. The first-order valence-electron chi connectivity index (χ1n) is 25.9. The first-order chi connectivity index (χ1) is 38.4. The summed E-state index contributed by atoms with van der Waals surface area (Å²) < 4.78 is 0. The fourth-order valence-electron chi connectivity index (χ4n) is 8.32. The second kappa shape index (κ2) is 31.5. The van der Waals surface area contributed by atoms with Crippen molar-refractivity contribution in [1.82, 2.24) is 42.1 Å². The molecule has 1 saturated heterocycles. The number of carbonyl (C=O) groups is 9. The number of phenolic OH excluding ortho intramolecular Hbond substituents is 2. The largest absolute Gasteiger partial charge is 0.508 e. The van der Waals surface area contributed by atoms with Gasteiger partial charge >= 0.3 is 0 Å². The Morgan fingerprint density at radius 1 is 0.654 bits per heavy atom. The van der Waals surface area contributed by atoms with Gasteiger partial charge in [0, 0.05) is 41.4 Å². The van der Waals surface area contributed by atoms with E-state index in [4.69, 9.17) is 28.8 Å². The van der Waals surface area contributed by atoms with Gasteiger partial charge in [0.15, 0.2) is 0 Å². The number of nitrogens with one attached hydrogen (secondary N) is 7. The van der Waals surface area contributed by atoms with Crippen molar-refractivity contribution in [3.8, 4) is 11.5 Å². The molecule has 1 heterocycles. The normalized spacial score (nSPS) is 20.9. The summed E-state index contributed by atoms with van der Waals surface area (Å²) in [5.74, 6) is -8.66. The van der Waals surface area contributed by atoms with Crippen LogP contribution in [0.1, 0.15) is 58.8 Å². The molecule has 0 bridgehead atoms. The van der Waals surface area contributed by atoms with E-state index in [2.05, 4.69) is 37.2 Å². The van der Waals surface area contributed by atoms with Gasteiger partial charge in [-0.3, -0.25) is 43.2 Å². The van der Waals surface area contributed by atoms with Crippen LogP contribution in [-0.4, -0.2) is 160 Å². The number of benzene rings is 4. The third kappa shape index (κ3) is 21.2. The van der Waals surface area contributed by atoms with Gasteiger partial charge < -0.3 is 74.6 Å². The topological polar surface area (TPSA) is 380 Å². The molecule has 5 rings (SSSR count). The van der Waals surface area contributed by atoms with E-state index in [1.54, 1.807) is 24.3 Å². The van der Waals surface area contributed by atoms with E-state index in [0.717, 1.165) is 21.6 Å². The monoisotopic (exact) mass is 1180 g/mol. The molecule has 9 amide bonds. The third-order valence-electron chi connectivity index (χ3n) is 12.9. The van der Waals surface area contributed by atoms with Crippen molar-refractivity contribution in [1.29, 1.82) is 0 Å². The molecule has 0 unspecified atom stereocenters. The molecule has 0 aliphatic carbocycles. The number of phenols is 2. The Bertz CT molecular complexity index is 2820. The molecule has 23 nitrogen and oxygen atoms in total. The standard InChI is InChI=1S/C55H70ClN11O12S2/c1-30(68)46-55(79)65-45(53(77)61-41(48(59)72)25-33-11-19-37(69)20-12-33)29-81-80-28-44(64-49(73)39(57)24-31-9-17-36(56)18-10-31)54(78)63-43(27-34-13-21-38(70)22-14-34)52(76)62-42(26-32-7-15-35(16-8-32)47(58)71)51(75)60-40(50(74)66-46)6-4-5-23-67(2)3/h7-22,30,39-46,68-70H,4-6,23-29,57H2,1-3H3,(H2,58,71)(H2,59,72)(H,60,75)(H,61,77)(H,62,76)(H,63,78)(H,64,73)(H,65,79)(H,66,74)/t30-,39+,40+,41-,42-,43+,44-,45+,46+/m1/s1. The number of aromatic hydroxyl groups is 2. The summed E-state index contributed by atoms with van der Waals surface area (Å²) in [7, 11) is 5.62. The smallest absolute Gasteiger partial charge is 0.248 e. The number of primary amides is 2. The van der Waals surface area contributed by atoms with Gasteiger partial charge in [-0.1, -0.05) is 81.7 Å². The zero-order valence-corrected chi connectivity index (χ0v) is 47.3. The lowest BCUT2D eigenvalue weighted by Crippen LogP contribution is -2.62. The maximum absolute atomic E-state index is 14.8. The predicted octanol–water partition coefficient (Wildman–Crippen LogP) is -0.165. The second-order valence-corrected chi connectivity index (χ2v) is 22.8. The highest BCUT2D eigenvalue weighted by Crippen LogP contribution is 2.24. The fraction of sp³-hybridized carbons (Fsp3) is 0.400. The molecule has 436 valence electrons. The van der Waals surface area contributed by atoms with E-state index in [1.807, 2.05) is 19.0 Å². The molecule has 0 aromatic heterocycles. The first kappa shape index (κ1) is 64.4. The van der Waals surface area contributed by atoms with Crippen molar-refractivity contribution in [2.45, 2.75) is 106 Å². The summed E-state index contributed by atoms with van der Waals surface area (Å²) in [6.45, 7) is 1.82. The zero-order valence-electron chi connectivity index (χ0n) is 44.9. The van der Waals surface area contributed by atoms with Gasteiger partial charge in [-0.25, -0.2) is 0 Å². The van der Waals surface area contributed by atoms with E-state index in [1.165, 1.54) is 79.7 Å². The molecule has 1 fully saturated rings. The van der Waals surface area contributed by atoms with Crippen molar-refractivity contribution < 1.29 is 58.5 Å². The molecule has 1 aliphatic rings. The summed E-state index contributed by atoms with van der Waals surface area (Å²) >= 11 is 6.08. The van der Waals surface area contributed by atoms with Gasteiger partial charge in [-0.2, -0.15) is 0 Å². The average molecular weight is 1180 g/mol.